The van der Waals surface area contributed by atoms with Gasteiger partial charge in [-0.3, -0.25) is 9.59 Å². The SMILES string of the molecule is O=C1COc2c(cc(OCc3ccccc3)cc2C(=O)C(Cl)Cl)N1. The maximum atomic E-state index is 12.2. The van der Waals surface area contributed by atoms with Gasteiger partial charge in [0.25, 0.3) is 5.91 Å². The Balaban J connectivity index is 1.92. The van der Waals surface area contributed by atoms with Gasteiger partial charge in [-0.1, -0.05) is 53.5 Å². The van der Waals surface area contributed by atoms with E-state index in [0.29, 0.717) is 18.0 Å². The van der Waals surface area contributed by atoms with Gasteiger partial charge in [-0.25, -0.2) is 0 Å². The largest absolute Gasteiger partial charge is 0.489 e. The van der Waals surface area contributed by atoms with Crippen LogP contribution in [0.25, 0.3) is 0 Å². The molecule has 124 valence electrons. The highest BCUT2D eigenvalue weighted by molar-refractivity contribution is 6.55. The molecule has 1 aliphatic rings. The number of Topliss-reactive ketones (excluding diaryl/α,β-unsaturated/α-hetero) is 1. The molecule has 1 N–H and O–H groups in total. The highest BCUT2D eigenvalue weighted by atomic mass is 35.5. The summed E-state index contributed by atoms with van der Waals surface area (Å²) < 4.78 is 11.1. The van der Waals surface area contributed by atoms with Crippen LogP contribution in [0.15, 0.2) is 42.5 Å². The zero-order valence-electron chi connectivity index (χ0n) is 12.4. The average Bonchev–Trinajstić information content (AvgIpc) is 2.59. The Labute approximate surface area is 148 Å². The average molecular weight is 366 g/mol. The number of alkyl halides is 2. The molecule has 0 bridgehead atoms. The van der Waals surface area contributed by atoms with E-state index in [1.165, 1.54) is 6.07 Å². The van der Waals surface area contributed by atoms with Crippen molar-refractivity contribution in [3.05, 3.63) is 53.6 Å². The van der Waals surface area contributed by atoms with Gasteiger partial charge in [0.05, 0.1) is 11.3 Å². The van der Waals surface area contributed by atoms with Crippen LogP contribution in [0, 0.1) is 0 Å². The third-order valence-electron chi connectivity index (χ3n) is 3.40. The molecule has 5 nitrogen and oxygen atoms in total. The summed E-state index contributed by atoms with van der Waals surface area (Å²) in [6.45, 7) is 0.139. The monoisotopic (exact) mass is 365 g/mol. The minimum absolute atomic E-state index is 0.172. The second kappa shape index (κ2) is 7.11. The second-order valence-electron chi connectivity index (χ2n) is 5.12. The molecule has 1 amide bonds. The third-order valence-corrected chi connectivity index (χ3v) is 3.79. The normalized spacial score (nSPS) is 13.0. The lowest BCUT2D eigenvalue weighted by Crippen LogP contribution is -2.27. The number of carbonyl (C=O) groups is 2. The predicted molar refractivity (Wildman–Crippen MR) is 91.2 cm³/mol. The van der Waals surface area contributed by atoms with Gasteiger partial charge in [-0.2, -0.15) is 0 Å². The summed E-state index contributed by atoms with van der Waals surface area (Å²) in [7, 11) is 0. The zero-order chi connectivity index (χ0) is 17.1. The first kappa shape index (κ1) is 16.6. The van der Waals surface area contributed by atoms with E-state index in [-0.39, 0.29) is 23.8 Å². The van der Waals surface area contributed by atoms with E-state index in [1.54, 1.807) is 6.07 Å². The number of amides is 1. The van der Waals surface area contributed by atoms with Gasteiger partial charge in [0.1, 0.15) is 12.4 Å². The molecule has 24 heavy (non-hydrogen) atoms. The lowest BCUT2D eigenvalue weighted by molar-refractivity contribution is -0.118. The Morgan fingerprint density at radius 3 is 2.71 bits per heavy atom. The van der Waals surface area contributed by atoms with Gasteiger partial charge < -0.3 is 14.8 Å². The molecule has 0 saturated heterocycles. The molecule has 0 aromatic heterocycles. The van der Waals surface area contributed by atoms with Crippen molar-refractivity contribution in [3.63, 3.8) is 0 Å². The van der Waals surface area contributed by atoms with Gasteiger partial charge in [0.15, 0.2) is 23.0 Å². The van der Waals surface area contributed by atoms with Crippen molar-refractivity contribution in [1.82, 2.24) is 0 Å². The van der Waals surface area contributed by atoms with E-state index in [0.717, 1.165) is 5.56 Å². The maximum absolute atomic E-state index is 12.2. The number of halogens is 2. The quantitative estimate of drug-likeness (QED) is 0.649. The van der Waals surface area contributed by atoms with Crippen molar-refractivity contribution in [1.29, 1.82) is 0 Å². The number of ketones is 1. The standard InChI is InChI=1S/C17H13Cl2NO4/c18-17(19)15(22)12-6-11(23-8-10-4-2-1-3-5-10)7-13-16(12)24-9-14(21)20-13/h1-7,17H,8-9H2,(H,20,21). The fourth-order valence-electron chi connectivity index (χ4n) is 2.30. The maximum Gasteiger partial charge on any atom is 0.262 e. The van der Waals surface area contributed by atoms with E-state index in [4.69, 9.17) is 32.7 Å². The van der Waals surface area contributed by atoms with Crippen LogP contribution in [0.4, 0.5) is 5.69 Å². The highest BCUT2D eigenvalue weighted by Crippen LogP contribution is 2.37. The summed E-state index contributed by atoms with van der Waals surface area (Å²) in [5, 5.41) is 2.65. The summed E-state index contributed by atoms with van der Waals surface area (Å²) in [4.78, 5) is 22.5. The molecule has 2 aromatic rings. The molecular weight excluding hydrogens is 353 g/mol. The fraction of sp³-hybridized carbons (Fsp3) is 0.176. The molecular formula is C17H13Cl2NO4. The first-order chi connectivity index (χ1) is 11.5. The molecule has 7 heteroatoms. The van der Waals surface area contributed by atoms with Gasteiger partial charge in [-0.05, 0) is 11.6 Å². The molecule has 1 heterocycles. The molecule has 0 fully saturated rings. The van der Waals surface area contributed by atoms with Crippen molar-refractivity contribution in [3.8, 4) is 11.5 Å². The number of hydrogen-bond donors (Lipinski definition) is 1. The molecule has 0 saturated carbocycles. The van der Waals surface area contributed by atoms with Crippen molar-refractivity contribution >= 4 is 40.6 Å². The molecule has 0 spiro atoms. The topological polar surface area (TPSA) is 64.6 Å². The highest BCUT2D eigenvalue weighted by Gasteiger charge is 2.27. The molecule has 0 radical (unpaired) electrons. The zero-order valence-corrected chi connectivity index (χ0v) is 13.9. The fourth-order valence-corrected chi connectivity index (χ4v) is 2.53. The van der Waals surface area contributed by atoms with Crippen molar-refractivity contribution in [2.24, 2.45) is 0 Å². The number of hydrogen-bond acceptors (Lipinski definition) is 4. The minimum atomic E-state index is -1.24. The van der Waals surface area contributed by atoms with Gasteiger partial charge in [0.2, 0.25) is 0 Å². The van der Waals surface area contributed by atoms with E-state index in [9.17, 15) is 9.59 Å². The lowest BCUT2D eigenvalue weighted by atomic mass is 10.1. The van der Waals surface area contributed by atoms with Crippen LogP contribution in [0.5, 0.6) is 11.5 Å². The van der Waals surface area contributed by atoms with E-state index >= 15 is 0 Å². The Morgan fingerprint density at radius 2 is 2.00 bits per heavy atom. The number of fused-ring (bicyclic) bond motifs is 1. The molecule has 0 atom stereocenters. The van der Waals surface area contributed by atoms with Gasteiger partial charge in [-0.15, -0.1) is 0 Å². The summed E-state index contributed by atoms with van der Waals surface area (Å²) in [5.41, 5.74) is 1.50. The van der Waals surface area contributed by atoms with Crippen LogP contribution >= 0.6 is 23.2 Å². The first-order valence-electron chi connectivity index (χ1n) is 7.14. The van der Waals surface area contributed by atoms with Gasteiger partial charge >= 0.3 is 0 Å². The number of carbonyl (C=O) groups excluding carboxylic acids is 2. The molecule has 3 rings (SSSR count). The van der Waals surface area contributed by atoms with E-state index < -0.39 is 10.6 Å². The molecule has 0 unspecified atom stereocenters. The van der Waals surface area contributed by atoms with E-state index in [2.05, 4.69) is 5.32 Å². The smallest absolute Gasteiger partial charge is 0.262 e. The van der Waals surface area contributed by atoms with Crippen molar-refractivity contribution in [2.75, 3.05) is 11.9 Å². The van der Waals surface area contributed by atoms with Crippen LogP contribution in [0.1, 0.15) is 15.9 Å². The Bertz CT molecular complexity index is 778. The predicted octanol–water partition coefficient (Wildman–Crippen LogP) is 3.58. The molecule has 2 aromatic carbocycles. The van der Waals surface area contributed by atoms with Crippen molar-refractivity contribution < 1.29 is 19.1 Å². The Morgan fingerprint density at radius 1 is 1.25 bits per heavy atom. The molecule has 0 aliphatic carbocycles. The lowest BCUT2D eigenvalue weighted by Gasteiger charge is -2.22. The third kappa shape index (κ3) is 3.63. The van der Waals surface area contributed by atoms with Crippen LogP contribution in [0.3, 0.4) is 0 Å². The second-order valence-corrected chi connectivity index (χ2v) is 6.22. The van der Waals surface area contributed by atoms with Crippen LogP contribution < -0.4 is 14.8 Å². The summed E-state index contributed by atoms with van der Waals surface area (Å²) in [6, 6.07) is 12.7. The van der Waals surface area contributed by atoms with Crippen LogP contribution in [-0.2, 0) is 11.4 Å². The summed E-state index contributed by atoms with van der Waals surface area (Å²) in [5.74, 6) is -0.177. The number of rotatable bonds is 5. The number of anilines is 1. The van der Waals surface area contributed by atoms with Crippen LogP contribution in [-0.4, -0.2) is 23.1 Å². The summed E-state index contributed by atoms with van der Waals surface area (Å²) in [6.07, 6.45) is 0. The summed E-state index contributed by atoms with van der Waals surface area (Å²) >= 11 is 11.4. The Hall–Kier alpha value is -2.24. The van der Waals surface area contributed by atoms with E-state index in [1.807, 2.05) is 30.3 Å². The Kier molecular flexibility index (Phi) is 4.92. The van der Waals surface area contributed by atoms with Crippen LogP contribution in [0.2, 0.25) is 0 Å². The van der Waals surface area contributed by atoms with Crippen molar-refractivity contribution in [2.45, 2.75) is 11.4 Å². The number of ether oxygens (including phenoxy) is 2. The van der Waals surface area contributed by atoms with Gasteiger partial charge in [0, 0.05) is 6.07 Å². The molecule has 1 aliphatic heterocycles. The minimum Gasteiger partial charge on any atom is -0.489 e. The first-order valence-corrected chi connectivity index (χ1v) is 8.01. The number of nitrogens with one attached hydrogen (secondary N) is 1. The number of benzene rings is 2.